The molecule has 1 saturated heterocycles. The SMILES string of the molecule is O=Cc1ccc(N2CCC3(CCCCC3)CC2)c(Br)c1. The van der Waals surface area contributed by atoms with Crippen LogP contribution in [0.25, 0.3) is 0 Å². The van der Waals surface area contributed by atoms with Gasteiger partial charge in [-0.05, 0) is 65.2 Å². The zero-order chi connectivity index (χ0) is 14.0. The number of hydrogen-bond donors (Lipinski definition) is 0. The maximum absolute atomic E-state index is 10.8. The molecule has 1 aromatic carbocycles. The first-order valence-corrected chi connectivity index (χ1v) is 8.51. The molecule has 2 nitrogen and oxygen atoms in total. The Balaban J connectivity index is 1.70. The fourth-order valence-electron chi connectivity index (χ4n) is 3.88. The van der Waals surface area contributed by atoms with Crippen molar-refractivity contribution in [2.75, 3.05) is 18.0 Å². The van der Waals surface area contributed by atoms with Crippen molar-refractivity contribution in [2.24, 2.45) is 5.41 Å². The molecule has 1 aliphatic heterocycles. The third-order valence-corrected chi connectivity index (χ3v) is 5.82. The van der Waals surface area contributed by atoms with E-state index in [1.807, 2.05) is 12.1 Å². The van der Waals surface area contributed by atoms with Gasteiger partial charge in [0, 0.05) is 23.1 Å². The Kier molecular flexibility index (Phi) is 4.16. The molecule has 0 amide bonds. The molecule has 1 heterocycles. The van der Waals surface area contributed by atoms with Crippen LogP contribution in [0.3, 0.4) is 0 Å². The second kappa shape index (κ2) is 5.88. The summed E-state index contributed by atoms with van der Waals surface area (Å²) >= 11 is 3.61. The molecule has 0 aromatic heterocycles. The highest BCUT2D eigenvalue weighted by Crippen LogP contribution is 2.45. The van der Waals surface area contributed by atoms with E-state index >= 15 is 0 Å². The topological polar surface area (TPSA) is 20.3 Å². The van der Waals surface area contributed by atoms with Crippen molar-refractivity contribution in [1.29, 1.82) is 0 Å². The predicted octanol–water partition coefficient (Wildman–Crippen LogP) is 4.81. The van der Waals surface area contributed by atoms with Crippen LogP contribution in [0.5, 0.6) is 0 Å². The van der Waals surface area contributed by atoms with Gasteiger partial charge < -0.3 is 4.90 Å². The first-order chi connectivity index (χ1) is 9.72. The number of halogens is 1. The van der Waals surface area contributed by atoms with E-state index in [1.165, 1.54) is 50.6 Å². The van der Waals surface area contributed by atoms with E-state index in [-0.39, 0.29) is 0 Å². The maximum Gasteiger partial charge on any atom is 0.150 e. The van der Waals surface area contributed by atoms with Crippen LogP contribution in [0.15, 0.2) is 22.7 Å². The average Bonchev–Trinajstić information content (AvgIpc) is 2.49. The van der Waals surface area contributed by atoms with E-state index in [4.69, 9.17) is 0 Å². The number of piperidine rings is 1. The quantitative estimate of drug-likeness (QED) is 0.722. The molecule has 1 spiro atoms. The molecule has 20 heavy (non-hydrogen) atoms. The molecule has 108 valence electrons. The molecule has 3 rings (SSSR count). The summed E-state index contributed by atoms with van der Waals surface area (Å²) in [7, 11) is 0. The highest BCUT2D eigenvalue weighted by Gasteiger charge is 2.35. The number of carbonyl (C=O) groups is 1. The summed E-state index contributed by atoms with van der Waals surface area (Å²) in [4.78, 5) is 13.3. The fourth-order valence-corrected chi connectivity index (χ4v) is 4.52. The molecule has 2 fully saturated rings. The van der Waals surface area contributed by atoms with Crippen LogP contribution in [-0.4, -0.2) is 19.4 Å². The van der Waals surface area contributed by atoms with Crippen LogP contribution < -0.4 is 4.90 Å². The Morgan fingerprint density at radius 2 is 1.75 bits per heavy atom. The Bertz CT molecular complexity index is 484. The molecular weight excluding hydrogens is 314 g/mol. The number of carbonyl (C=O) groups excluding carboxylic acids is 1. The number of anilines is 1. The summed E-state index contributed by atoms with van der Waals surface area (Å²) in [5.41, 5.74) is 2.62. The van der Waals surface area contributed by atoms with Gasteiger partial charge >= 0.3 is 0 Å². The lowest BCUT2D eigenvalue weighted by Gasteiger charge is -2.45. The van der Waals surface area contributed by atoms with Gasteiger partial charge in [0.2, 0.25) is 0 Å². The first kappa shape index (κ1) is 14.1. The van der Waals surface area contributed by atoms with Crippen molar-refractivity contribution in [1.82, 2.24) is 0 Å². The van der Waals surface area contributed by atoms with Gasteiger partial charge in [0.15, 0.2) is 0 Å². The van der Waals surface area contributed by atoms with Gasteiger partial charge in [-0.2, -0.15) is 0 Å². The van der Waals surface area contributed by atoms with E-state index in [9.17, 15) is 4.79 Å². The number of rotatable bonds is 2. The van der Waals surface area contributed by atoms with Crippen LogP contribution in [0.2, 0.25) is 0 Å². The first-order valence-electron chi connectivity index (χ1n) is 7.72. The van der Waals surface area contributed by atoms with Crippen LogP contribution >= 0.6 is 15.9 Å². The van der Waals surface area contributed by atoms with Crippen LogP contribution in [0.4, 0.5) is 5.69 Å². The Hall–Kier alpha value is -0.830. The zero-order valence-electron chi connectivity index (χ0n) is 11.9. The lowest BCUT2D eigenvalue weighted by molar-refractivity contribution is 0.112. The van der Waals surface area contributed by atoms with Gasteiger partial charge in [0.1, 0.15) is 6.29 Å². The van der Waals surface area contributed by atoms with E-state index < -0.39 is 0 Å². The smallest absolute Gasteiger partial charge is 0.150 e. The van der Waals surface area contributed by atoms with Crippen LogP contribution in [0.1, 0.15) is 55.3 Å². The second-order valence-electron chi connectivity index (χ2n) is 6.38. The highest BCUT2D eigenvalue weighted by atomic mass is 79.9. The molecule has 0 N–H and O–H groups in total. The summed E-state index contributed by atoms with van der Waals surface area (Å²) < 4.78 is 1.04. The molecule has 0 radical (unpaired) electrons. The van der Waals surface area contributed by atoms with E-state index in [0.717, 1.165) is 29.4 Å². The van der Waals surface area contributed by atoms with Gasteiger partial charge in [0.05, 0.1) is 5.69 Å². The molecule has 2 aliphatic rings. The summed E-state index contributed by atoms with van der Waals surface area (Å²) in [5, 5.41) is 0. The molecule has 0 atom stereocenters. The van der Waals surface area contributed by atoms with Crippen molar-refractivity contribution < 1.29 is 4.79 Å². The second-order valence-corrected chi connectivity index (χ2v) is 7.23. The van der Waals surface area contributed by atoms with E-state index in [1.54, 1.807) is 0 Å². The highest BCUT2D eigenvalue weighted by molar-refractivity contribution is 9.10. The predicted molar refractivity (Wildman–Crippen MR) is 86.5 cm³/mol. The van der Waals surface area contributed by atoms with Gasteiger partial charge in [0.25, 0.3) is 0 Å². The van der Waals surface area contributed by atoms with Gasteiger partial charge in [-0.1, -0.05) is 19.3 Å². The summed E-state index contributed by atoms with van der Waals surface area (Å²) in [6.45, 7) is 2.30. The van der Waals surface area contributed by atoms with Crippen molar-refractivity contribution >= 4 is 27.9 Å². The number of nitrogens with zero attached hydrogens (tertiary/aromatic N) is 1. The molecule has 0 unspecified atom stereocenters. The molecule has 3 heteroatoms. The lowest BCUT2D eigenvalue weighted by Crippen LogP contribution is -2.41. The van der Waals surface area contributed by atoms with Crippen LogP contribution in [0, 0.1) is 5.41 Å². The molecule has 1 aliphatic carbocycles. The zero-order valence-corrected chi connectivity index (χ0v) is 13.5. The normalized spacial score (nSPS) is 21.9. The van der Waals surface area contributed by atoms with Crippen molar-refractivity contribution in [3.05, 3.63) is 28.2 Å². The van der Waals surface area contributed by atoms with Crippen molar-refractivity contribution in [3.63, 3.8) is 0 Å². The molecule has 1 aromatic rings. The summed E-state index contributed by atoms with van der Waals surface area (Å²) in [6.07, 6.45) is 10.7. The standard InChI is InChI=1S/C17H22BrNO/c18-15-12-14(13-20)4-5-16(15)19-10-8-17(9-11-19)6-2-1-3-7-17/h4-5,12-13H,1-3,6-11H2. The largest absolute Gasteiger partial charge is 0.371 e. The minimum absolute atomic E-state index is 0.643. The third kappa shape index (κ3) is 2.78. The fraction of sp³-hybridized carbons (Fsp3) is 0.588. The van der Waals surface area contributed by atoms with E-state index in [2.05, 4.69) is 26.9 Å². The van der Waals surface area contributed by atoms with Crippen molar-refractivity contribution in [3.8, 4) is 0 Å². The monoisotopic (exact) mass is 335 g/mol. The van der Waals surface area contributed by atoms with Crippen molar-refractivity contribution in [2.45, 2.75) is 44.9 Å². The number of aldehydes is 1. The number of hydrogen-bond acceptors (Lipinski definition) is 2. The number of benzene rings is 1. The van der Waals surface area contributed by atoms with Gasteiger partial charge in [-0.3, -0.25) is 4.79 Å². The van der Waals surface area contributed by atoms with E-state index in [0.29, 0.717) is 5.41 Å². The lowest BCUT2D eigenvalue weighted by atomic mass is 9.68. The van der Waals surface area contributed by atoms with Crippen LogP contribution in [-0.2, 0) is 0 Å². The molecule has 0 bridgehead atoms. The minimum atomic E-state index is 0.643. The molecular formula is C17H22BrNO. The Morgan fingerprint density at radius 1 is 1.05 bits per heavy atom. The molecule has 1 saturated carbocycles. The minimum Gasteiger partial charge on any atom is -0.371 e. The maximum atomic E-state index is 10.8. The Labute approximate surface area is 129 Å². The van der Waals surface area contributed by atoms with Gasteiger partial charge in [-0.15, -0.1) is 0 Å². The average molecular weight is 336 g/mol. The van der Waals surface area contributed by atoms with Gasteiger partial charge in [-0.25, -0.2) is 0 Å². The Morgan fingerprint density at radius 3 is 2.35 bits per heavy atom. The summed E-state index contributed by atoms with van der Waals surface area (Å²) in [5.74, 6) is 0. The summed E-state index contributed by atoms with van der Waals surface area (Å²) in [6, 6.07) is 5.91. The third-order valence-electron chi connectivity index (χ3n) is 5.19.